The number of benzene rings is 1. The molecule has 19 nitrogen and oxygen atoms in total. The van der Waals surface area contributed by atoms with Gasteiger partial charge in [-0.1, -0.05) is 26.5 Å². The summed E-state index contributed by atoms with van der Waals surface area (Å²) in [5, 5.41) is 17.0. The first kappa shape index (κ1) is 49.8. The Hall–Kier alpha value is -6.21. The average Bonchev–Trinajstić information content (AvgIpc) is 3.81. The van der Waals surface area contributed by atoms with Gasteiger partial charge in [0.15, 0.2) is 5.82 Å². The van der Waals surface area contributed by atoms with Crippen LogP contribution in [0.3, 0.4) is 0 Å². The normalized spacial score (nSPS) is 20.5. The number of carbonyl (C=O) groups is 2. The lowest BCUT2D eigenvalue weighted by Gasteiger charge is -2.48. The average molecular weight is 990 g/mol. The minimum absolute atomic E-state index is 0.0220. The Morgan fingerprint density at radius 1 is 1.00 bits per heavy atom. The number of phosphoric acid groups is 1. The molecule has 4 aromatic heterocycles. The van der Waals surface area contributed by atoms with Gasteiger partial charge in [0, 0.05) is 99.3 Å². The Morgan fingerprint density at radius 3 is 2.51 bits per heavy atom. The van der Waals surface area contributed by atoms with E-state index >= 15 is 0 Å². The topological polar surface area (TPSA) is 224 Å². The highest BCUT2D eigenvalue weighted by Crippen LogP contribution is 2.45. The number of pyridine rings is 2. The molecule has 9 rings (SSSR count). The van der Waals surface area contributed by atoms with Crippen LogP contribution in [0.4, 0.5) is 34.5 Å². The van der Waals surface area contributed by atoms with Crippen LogP contribution >= 0.6 is 7.82 Å². The summed E-state index contributed by atoms with van der Waals surface area (Å²) in [7, 11) is -3.11. The number of aliphatic hydroxyl groups excluding tert-OH is 1. The smallest absolute Gasteiger partial charge is 0.392 e. The quantitative estimate of drug-likeness (QED) is 0.0665. The highest BCUT2D eigenvalue weighted by molar-refractivity contribution is 7.46. The SMILES string of the molecule is C=CC(=O)Nc1cc(Nc2nc(-c3ccnc(N4CCn5c(cc6c5CC(C)(C)C6)C4=O)c3CO)cn(C)c2=O)ccc1N1CCN(C2CCN(c3cccc(C(C)(C)OP(=O)(O)O)n3)[C@@H](C)C2)C[C@@H]1C. The van der Waals surface area contributed by atoms with Crippen molar-refractivity contribution >= 4 is 54.2 Å². The molecule has 1 aromatic carbocycles. The van der Waals surface area contributed by atoms with Crippen LogP contribution in [0.5, 0.6) is 0 Å². The van der Waals surface area contributed by atoms with E-state index < -0.39 is 25.6 Å². The minimum atomic E-state index is -4.74. The van der Waals surface area contributed by atoms with Crippen LogP contribution in [0.2, 0.25) is 0 Å². The molecule has 2 saturated heterocycles. The van der Waals surface area contributed by atoms with Gasteiger partial charge in [0.05, 0.1) is 29.4 Å². The van der Waals surface area contributed by atoms with Crippen LogP contribution in [0.25, 0.3) is 11.3 Å². The van der Waals surface area contributed by atoms with E-state index in [4.69, 9.17) is 14.5 Å². The second kappa shape index (κ2) is 19.1. The molecule has 0 bridgehead atoms. The largest absolute Gasteiger partial charge is 0.470 e. The second-order valence-corrected chi connectivity index (χ2v) is 21.8. The van der Waals surface area contributed by atoms with Crippen LogP contribution in [-0.2, 0) is 52.5 Å². The van der Waals surface area contributed by atoms with Gasteiger partial charge in [-0.05, 0) is 113 Å². The first-order valence-electron chi connectivity index (χ1n) is 24.2. The maximum atomic E-state index is 14.1. The van der Waals surface area contributed by atoms with E-state index in [1.807, 2.05) is 30.3 Å². The first-order valence-corrected chi connectivity index (χ1v) is 25.7. The number of aliphatic hydroxyl groups is 1. The molecule has 20 heteroatoms. The number of aryl methyl sites for hydroxylation is 1. The van der Waals surface area contributed by atoms with Crippen molar-refractivity contribution in [2.75, 3.05) is 58.1 Å². The molecule has 2 fully saturated rings. The molecule has 376 valence electrons. The molecule has 0 saturated carbocycles. The lowest BCUT2D eigenvalue weighted by molar-refractivity contribution is -0.111. The van der Waals surface area contributed by atoms with E-state index in [9.17, 15) is 33.8 Å². The zero-order valence-corrected chi connectivity index (χ0v) is 42.3. The van der Waals surface area contributed by atoms with Gasteiger partial charge in [-0.3, -0.25) is 28.7 Å². The summed E-state index contributed by atoms with van der Waals surface area (Å²) >= 11 is 0. The van der Waals surface area contributed by atoms with Gasteiger partial charge < -0.3 is 44.5 Å². The third-order valence-electron chi connectivity index (χ3n) is 14.4. The molecular weight excluding hydrogens is 926 g/mol. The van der Waals surface area contributed by atoms with Crippen LogP contribution in [0.1, 0.15) is 87.4 Å². The number of phosphoric ester groups is 1. The highest BCUT2D eigenvalue weighted by Gasteiger charge is 2.39. The van der Waals surface area contributed by atoms with Crippen molar-refractivity contribution < 1.29 is 33.6 Å². The molecule has 3 aliphatic heterocycles. The molecule has 3 atom stereocenters. The number of hydrogen-bond acceptors (Lipinski definition) is 13. The molecule has 1 aliphatic carbocycles. The number of fused-ring (bicyclic) bond motifs is 3. The Labute approximate surface area is 413 Å². The Morgan fingerprint density at radius 2 is 1.79 bits per heavy atom. The predicted molar refractivity (Wildman–Crippen MR) is 273 cm³/mol. The molecule has 7 heterocycles. The van der Waals surface area contributed by atoms with Gasteiger partial charge >= 0.3 is 7.82 Å². The van der Waals surface area contributed by atoms with E-state index in [0.717, 1.165) is 56.8 Å². The van der Waals surface area contributed by atoms with Crippen molar-refractivity contribution in [2.24, 2.45) is 12.5 Å². The third kappa shape index (κ3) is 10.0. The van der Waals surface area contributed by atoms with Crippen molar-refractivity contribution in [1.29, 1.82) is 0 Å². The summed E-state index contributed by atoms with van der Waals surface area (Å²) in [4.78, 5) is 82.5. The zero-order chi connectivity index (χ0) is 50.7. The van der Waals surface area contributed by atoms with Crippen LogP contribution < -0.4 is 30.9 Å². The van der Waals surface area contributed by atoms with Crippen molar-refractivity contribution in [1.82, 2.24) is 29.0 Å². The summed E-state index contributed by atoms with van der Waals surface area (Å²) in [6.07, 6.45) is 8.02. The molecule has 5 N–H and O–H groups in total. The second-order valence-electron chi connectivity index (χ2n) is 20.6. The summed E-state index contributed by atoms with van der Waals surface area (Å²) in [6.45, 7) is 19.3. The number of piperazine rings is 1. The van der Waals surface area contributed by atoms with Gasteiger partial charge in [0.25, 0.3) is 11.5 Å². The molecule has 5 aromatic rings. The Balaban J connectivity index is 0.906. The maximum absolute atomic E-state index is 14.1. The summed E-state index contributed by atoms with van der Waals surface area (Å²) in [5.74, 6) is 0.539. The number of piperidine rings is 1. The summed E-state index contributed by atoms with van der Waals surface area (Å²) < 4.78 is 20.3. The molecule has 4 aliphatic rings. The lowest BCUT2D eigenvalue weighted by atomic mass is 9.90. The van der Waals surface area contributed by atoms with E-state index in [1.54, 1.807) is 56.4 Å². The Kier molecular flexibility index (Phi) is 13.4. The van der Waals surface area contributed by atoms with Crippen LogP contribution in [0.15, 0.2) is 78.4 Å². The fourth-order valence-electron chi connectivity index (χ4n) is 11.1. The molecule has 2 amide bonds. The number of anilines is 6. The number of aromatic nitrogens is 5. The van der Waals surface area contributed by atoms with E-state index in [0.29, 0.717) is 71.1 Å². The molecule has 71 heavy (non-hydrogen) atoms. The zero-order valence-electron chi connectivity index (χ0n) is 41.4. The minimum Gasteiger partial charge on any atom is -0.392 e. The summed E-state index contributed by atoms with van der Waals surface area (Å²) in [5.41, 5.74) is 5.14. The molecule has 0 spiro atoms. The monoisotopic (exact) mass is 989 g/mol. The van der Waals surface area contributed by atoms with Gasteiger partial charge in [0.2, 0.25) is 5.91 Å². The van der Waals surface area contributed by atoms with E-state index in [1.165, 1.54) is 21.9 Å². The fraction of sp³-hybridized carbons (Fsp3) is 0.451. The molecule has 0 radical (unpaired) electrons. The number of rotatable bonds is 13. The van der Waals surface area contributed by atoms with Gasteiger partial charge in [-0.15, -0.1) is 0 Å². The van der Waals surface area contributed by atoms with E-state index in [2.05, 4.69) is 69.2 Å². The standard InChI is InChI=1S/C51H64N11O8P/c1-9-45(64)54-38-25-34(13-14-40(38)59-20-19-58(28-32(59)3)35-16-18-60(31(2)23-35)44-12-10-11-43(56-44)51(6,7)70-71(67,68)69)53-46-49(66)57(8)29-39(55-46)36-15-17-52-47(37(36)30-63)62-22-21-61-41(48(62)65)24-33-26-50(4,5)27-42(33)61/h9-15,17,24-25,29,31-32,35,63H,1,16,18-23,26-28,30H2,2-8H3,(H,53,55)(H,54,64)(H2,67,68,69)/t31-,32-,35?/m0/s1. The van der Waals surface area contributed by atoms with Crippen molar-refractivity contribution in [2.45, 2.75) is 104 Å². The number of nitrogens with one attached hydrogen (secondary N) is 2. The summed E-state index contributed by atoms with van der Waals surface area (Å²) in [6, 6.07) is 15.3. The number of nitrogens with zero attached hydrogens (tertiary/aromatic N) is 9. The third-order valence-corrected chi connectivity index (χ3v) is 15.1. The molecule has 1 unspecified atom stereocenters. The highest BCUT2D eigenvalue weighted by atomic mass is 31.2. The Bertz CT molecular complexity index is 3020. The number of hydrogen-bond donors (Lipinski definition) is 5. The van der Waals surface area contributed by atoms with Gasteiger partial charge in [-0.2, -0.15) is 0 Å². The van der Waals surface area contributed by atoms with Crippen LogP contribution in [-0.4, -0.2) is 107 Å². The van der Waals surface area contributed by atoms with Gasteiger partial charge in [0.1, 0.15) is 22.9 Å². The lowest BCUT2D eigenvalue weighted by Crippen LogP contribution is -2.58. The van der Waals surface area contributed by atoms with Crippen LogP contribution in [0, 0.1) is 5.41 Å². The predicted octanol–water partition coefficient (Wildman–Crippen LogP) is 6.10. The molecular formula is C51H64N11O8P. The number of amides is 2. The first-order chi connectivity index (χ1) is 33.6. The van der Waals surface area contributed by atoms with Crippen molar-refractivity contribution in [3.05, 3.63) is 112 Å². The van der Waals surface area contributed by atoms with Crippen molar-refractivity contribution in [3.63, 3.8) is 0 Å². The van der Waals surface area contributed by atoms with Crippen molar-refractivity contribution in [3.8, 4) is 11.3 Å². The number of carbonyl (C=O) groups excluding carboxylic acids is 2. The van der Waals surface area contributed by atoms with Gasteiger partial charge in [-0.25, -0.2) is 19.5 Å². The maximum Gasteiger partial charge on any atom is 0.470 e. The fourth-order valence-corrected chi connectivity index (χ4v) is 11.8. The van der Waals surface area contributed by atoms with E-state index in [-0.39, 0.29) is 35.1 Å².